The predicted octanol–water partition coefficient (Wildman–Crippen LogP) is 4.67. The molecular weight excluding hydrogens is 384 g/mol. The van der Waals surface area contributed by atoms with Gasteiger partial charge >= 0.3 is 0 Å². The first-order valence-electron chi connectivity index (χ1n) is 9.24. The molecule has 0 saturated carbocycles. The zero-order chi connectivity index (χ0) is 20.1. The van der Waals surface area contributed by atoms with Gasteiger partial charge in [0.25, 0.3) is 5.92 Å². The first-order chi connectivity index (χ1) is 13.1. The van der Waals surface area contributed by atoms with Gasteiger partial charge in [0.2, 0.25) is 0 Å². The molecule has 2 aromatic heterocycles. The summed E-state index contributed by atoms with van der Waals surface area (Å²) in [5.41, 5.74) is 1.22. The molecule has 5 nitrogen and oxygen atoms in total. The number of aromatic nitrogens is 4. The van der Waals surface area contributed by atoms with Gasteiger partial charge in [-0.15, -0.1) is 0 Å². The lowest BCUT2D eigenvalue weighted by molar-refractivity contribution is 0.0257. The molecule has 0 amide bonds. The smallest absolute Gasteiger partial charge is 0.266 e. The monoisotopic (exact) mass is 405 g/mol. The van der Waals surface area contributed by atoms with Gasteiger partial charge in [-0.3, -0.25) is 0 Å². The standard InChI is InChI=1S/C20H22ClF2N5/c1-19(2,3)18-25-16(27-9-8-20(22,23)12-27)14-10-24-28(17(14)26-18)11-13-6-4-5-7-15(13)21/h4-7,10H,8-9,11-12H2,1-3H3. The molecule has 1 saturated heterocycles. The van der Waals surface area contributed by atoms with Crippen LogP contribution in [0.25, 0.3) is 11.0 Å². The molecule has 3 aromatic rings. The Hall–Kier alpha value is -2.28. The van der Waals surface area contributed by atoms with Gasteiger partial charge in [-0.05, 0) is 11.6 Å². The lowest BCUT2D eigenvalue weighted by atomic mass is 9.95. The topological polar surface area (TPSA) is 46.8 Å². The number of hydrogen-bond acceptors (Lipinski definition) is 4. The van der Waals surface area contributed by atoms with Gasteiger partial charge in [-0.2, -0.15) is 5.10 Å². The summed E-state index contributed by atoms with van der Waals surface area (Å²) >= 11 is 6.30. The molecular formula is C20H22ClF2N5. The molecule has 8 heteroatoms. The largest absolute Gasteiger partial charge is 0.350 e. The van der Waals surface area contributed by atoms with Crippen molar-refractivity contribution in [2.45, 2.75) is 45.1 Å². The first kappa shape index (κ1) is 19.1. The number of halogens is 3. The van der Waals surface area contributed by atoms with Gasteiger partial charge in [-0.25, -0.2) is 23.4 Å². The quantitative estimate of drug-likeness (QED) is 0.635. The fourth-order valence-electron chi connectivity index (χ4n) is 3.34. The zero-order valence-electron chi connectivity index (χ0n) is 16.1. The zero-order valence-corrected chi connectivity index (χ0v) is 16.8. The number of rotatable bonds is 3. The number of nitrogens with zero attached hydrogens (tertiary/aromatic N) is 5. The summed E-state index contributed by atoms with van der Waals surface area (Å²) in [5.74, 6) is -1.57. The van der Waals surface area contributed by atoms with Crippen molar-refractivity contribution in [1.29, 1.82) is 0 Å². The highest BCUT2D eigenvalue weighted by atomic mass is 35.5. The molecule has 0 spiro atoms. The Morgan fingerprint density at radius 2 is 1.93 bits per heavy atom. The summed E-state index contributed by atoms with van der Waals surface area (Å²) in [5, 5.41) is 5.79. The Morgan fingerprint density at radius 3 is 2.57 bits per heavy atom. The van der Waals surface area contributed by atoms with Crippen molar-refractivity contribution in [3.05, 3.63) is 46.9 Å². The van der Waals surface area contributed by atoms with Crippen LogP contribution in [0.15, 0.2) is 30.5 Å². The van der Waals surface area contributed by atoms with Crippen LogP contribution in [0.3, 0.4) is 0 Å². The van der Waals surface area contributed by atoms with E-state index in [1.807, 2.05) is 45.0 Å². The molecule has 148 valence electrons. The fourth-order valence-corrected chi connectivity index (χ4v) is 3.53. The van der Waals surface area contributed by atoms with E-state index in [1.54, 1.807) is 15.8 Å². The molecule has 1 aliphatic rings. The molecule has 4 rings (SSSR count). The number of anilines is 1. The van der Waals surface area contributed by atoms with E-state index in [-0.39, 0.29) is 24.9 Å². The van der Waals surface area contributed by atoms with Crippen LogP contribution in [-0.4, -0.2) is 38.8 Å². The third kappa shape index (κ3) is 3.55. The van der Waals surface area contributed by atoms with Crippen molar-refractivity contribution in [3.63, 3.8) is 0 Å². The van der Waals surface area contributed by atoms with Crippen LogP contribution in [-0.2, 0) is 12.0 Å². The minimum atomic E-state index is -2.70. The average molecular weight is 406 g/mol. The van der Waals surface area contributed by atoms with E-state index in [9.17, 15) is 8.78 Å². The van der Waals surface area contributed by atoms with Crippen molar-refractivity contribution in [2.24, 2.45) is 0 Å². The molecule has 0 N–H and O–H groups in total. The van der Waals surface area contributed by atoms with E-state index in [0.717, 1.165) is 5.56 Å². The molecule has 28 heavy (non-hydrogen) atoms. The van der Waals surface area contributed by atoms with Gasteiger partial charge in [0.1, 0.15) is 11.6 Å². The van der Waals surface area contributed by atoms with Crippen LogP contribution >= 0.6 is 11.6 Å². The lowest BCUT2D eigenvalue weighted by Crippen LogP contribution is -2.27. The van der Waals surface area contributed by atoms with Gasteiger partial charge in [0.05, 0.1) is 24.7 Å². The molecule has 1 aromatic carbocycles. The van der Waals surface area contributed by atoms with Crippen LogP contribution in [0.5, 0.6) is 0 Å². The number of alkyl halides is 2. The predicted molar refractivity (Wildman–Crippen MR) is 106 cm³/mol. The molecule has 3 heterocycles. The van der Waals surface area contributed by atoms with Gasteiger partial charge in [-0.1, -0.05) is 50.6 Å². The fraction of sp³-hybridized carbons (Fsp3) is 0.450. The second kappa shape index (κ2) is 6.65. The Morgan fingerprint density at radius 1 is 1.18 bits per heavy atom. The minimum absolute atomic E-state index is 0.170. The van der Waals surface area contributed by atoms with E-state index in [1.165, 1.54) is 0 Å². The highest BCUT2D eigenvalue weighted by Crippen LogP contribution is 2.35. The highest BCUT2D eigenvalue weighted by molar-refractivity contribution is 6.31. The molecule has 0 bridgehead atoms. The summed E-state index contributed by atoms with van der Waals surface area (Å²) in [6.07, 6.45) is 1.49. The summed E-state index contributed by atoms with van der Waals surface area (Å²) in [6, 6.07) is 7.55. The third-order valence-corrected chi connectivity index (χ3v) is 5.26. The lowest BCUT2D eigenvalue weighted by Gasteiger charge is -2.22. The second-order valence-corrected chi connectivity index (χ2v) is 8.69. The summed E-state index contributed by atoms with van der Waals surface area (Å²) in [4.78, 5) is 11.0. The maximum absolute atomic E-state index is 13.8. The van der Waals surface area contributed by atoms with E-state index in [2.05, 4.69) is 10.1 Å². The maximum atomic E-state index is 13.8. The van der Waals surface area contributed by atoms with Crippen molar-refractivity contribution in [1.82, 2.24) is 19.7 Å². The number of hydrogen-bond donors (Lipinski definition) is 0. The average Bonchev–Trinajstić information content (AvgIpc) is 3.18. The molecule has 0 radical (unpaired) electrons. The van der Waals surface area contributed by atoms with Gasteiger partial charge < -0.3 is 4.90 Å². The van der Waals surface area contributed by atoms with Gasteiger partial charge in [0, 0.05) is 23.4 Å². The van der Waals surface area contributed by atoms with Crippen LogP contribution < -0.4 is 4.90 Å². The van der Waals surface area contributed by atoms with E-state index < -0.39 is 5.92 Å². The second-order valence-electron chi connectivity index (χ2n) is 8.28. The Kier molecular flexibility index (Phi) is 4.53. The molecule has 1 aliphatic heterocycles. The van der Waals surface area contributed by atoms with Crippen molar-refractivity contribution in [2.75, 3.05) is 18.0 Å². The molecule has 0 aliphatic carbocycles. The normalized spacial score (nSPS) is 16.9. The SMILES string of the molecule is CC(C)(C)c1nc(N2CCC(F)(F)C2)c2cnn(Cc3ccccc3Cl)c2n1. The van der Waals surface area contributed by atoms with E-state index in [4.69, 9.17) is 16.6 Å². The summed E-state index contributed by atoms with van der Waals surface area (Å²) in [7, 11) is 0. The van der Waals surface area contributed by atoms with Crippen molar-refractivity contribution >= 4 is 28.5 Å². The van der Waals surface area contributed by atoms with Crippen LogP contribution in [0, 0.1) is 0 Å². The third-order valence-electron chi connectivity index (χ3n) is 4.89. The van der Waals surface area contributed by atoms with Crippen LogP contribution in [0.1, 0.15) is 38.6 Å². The molecule has 0 unspecified atom stereocenters. The van der Waals surface area contributed by atoms with Gasteiger partial charge in [0.15, 0.2) is 5.65 Å². The molecule has 0 atom stereocenters. The minimum Gasteiger partial charge on any atom is -0.350 e. The maximum Gasteiger partial charge on any atom is 0.266 e. The summed E-state index contributed by atoms with van der Waals surface area (Å²) < 4.78 is 29.4. The van der Waals surface area contributed by atoms with E-state index >= 15 is 0 Å². The first-order valence-corrected chi connectivity index (χ1v) is 9.62. The Balaban J connectivity index is 1.84. The highest BCUT2D eigenvalue weighted by Gasteiger charge is 2.40. The van der Waals surface area contributed by atoms with Crippen molar-refractivity contribution < 1.29 is 8.78 Å². The van der Waals surface area contributed by atoms with Crippen molar-refractivity contribution in [3.8, 4) is 0 Å². The van der Waals surface area contributed by atoms with E-state index in [0.29, 0.717) is 34.2 Å². The van der Waals surface area contributed by atoms with Crippen LogP contribution in [0.4, 0.5) is 14.6 Å². The summed E-state index contributed by atoms with van der Waals surface area (Å²) in [6.45, 7) is 6.39. The number of benzene rings is 1. The van der Waals surface area contributed by atoms with Crippen LogP contribution in [0.2, 0.25) is 5.02 Å². The molecule has 1 fully saturated rings. The Bertz CT molecular complexity index is 1030. The number of fused-ring (bicyclic) bond motifs is 1. The Labute approximate surface area is 167 Å².